The molecule has 4 rings (SSSR count). The zero-order valence-corrected chi connectivity index (χ0v) is 15.1. The summed E-state index contributed by atoms with van der Waals surface area (Å²) in [6, 6.07) is 15.6. The van der Waals surface area contributed by atoms with Crippen LogP contribution in [0.25, 0.3) is 21.1 Å². The van der Waals surface area contributed by atoms with Gasteiger partial charge in [-0.3, -0.25) is 9.78 Å². The molecule has 0 atom stereocenters. The Kier molecular flexibility index (Phi) is 3.73. The second-order valence-electron chi connectivity index (χ2n) is 6.14. The Morgan fingerprint density at radius 2 is 1.96 bits per heavy atom. The number of pyridine rings is 1. The molecule has 0 radical (unpaired) electrons. The van der Waals surface area contributed by atoms with Crippen molar-refractivity contribution >= 4 is 38.4 Å². The highest BCUT2D eigenvalue weighted by molar-refractivity contribution is 7.16. The molecule has 1 amide bonds. The van der Waals surface area contributed by atoms with Crippen LogP contribution < -0.4 is 4.80 Å². The van der Waals surface area contributed by atoms with Gasteiger partial charge in [0.2, 0.25) is 0 Å². The average Bonchev–Trinajstić information content (AvgIpc) is 2.91. The first-order chi connectivity index (χ1) is 12.0. The van der Waals surface area contributed by atoms with Crippen LogP contribution in [0.5, 0.6) is 0 Å². The number of carbonyl (C=O) groups is 1. The number of fused-ring (bicyclic) bond motifs is 2. The van der Waals surface area contributed by atoms with Crippen LogP contribution in [-0.4, -0.2) is 15.5 Å². The van der Waals surface area contributed by atoms with Gasteiger partial charge in [0.1, 0.15) is 0 Å². The van der Waals surface area contributed by atoms with Gasteiger partial charge in [-0.15, -0.1) is 0 Å². The second-order valence-corrected chi connectivity index (χ2v) is 7.15. The number of aromatic nitrogens is 2. The van der Waals surface area contributed by atoms with Crippen LogP contribution in [0.1, 0.15) is 21.6 Å². The summed E-state index contributed by atoms with van der Waals surface area (Å²) < 4.78 is 3.12. The number of hydrogen-bond donors (Lipinski definition) is 0. The molecule has 0 unspecified atom stereocenters. The van der Waals surface area contributed by atoms with Crippen molar-refractivity contribution in [2.45, 2.75) is 13.8 Å². The van der Waals surface area contributed by atoms with Gasteiger partial charge in [-0.25, -0.2) is 0 Å². The summed E-state index contributed by atoms with van der Waals surface area (Å²) in [5.41, 5.74) is 4.73. The van der Waals surface area contributed by atoms with E-state index in [1.165, 1.54) is 16.9 Å². The van der Waals surface area contributed by atoms with E-state index < -0.39 is 0 Å². The number of benzene rings is 2. The van der Waals surface area contributed by atoms with Gasteiger partial charge < -0.3 is 4.57 Å². The number of carbonyl (C=O) groups excluding carboxylic acids is 1. The van der Waals surface area contributed by atoms with Crippen LogP contribution in [-0.2, 0) is 7.05 Å². The third-order valence-corrected chi connectivity index (χ3v) is 5.39. The fourth-order valence-electron chi connectivity index (χ4n) is 3.02. The topological polar surface area (TPSA) is 47.2 Å². The number of thiazole rings is 1. The minimum atomic E-state index is -0.234. The Morgan fingerprint density at radius 1 is 1.12 bits per heavy atom. The third-order valence-electron chi connectivity index (χ3n) is 4.30. The van der Waals surface area contributed by atoms with E-state index in [1.54, 1.807) is 6.07 Å². The third kappa shape index (κ3) is 2.76. The standard InChI is InChI=1S/C20H17N3OS/c1-12-5-4-6-17-18(12)23(3)20(25-17)22-19(24)15-9-10-16-14(11-15)8-7-13(2)21-16/h4-11H,1-3H3. The molecule has 4 nitrogen and oxygen atoms in total. The SMILES string of the molecule is Cc1ccc2cc(C(=O)N=c3sc4cccc(C)c4n3C)ccc2n1. The molecule has 0 aliphatic rings. The Balaban J connectivity index is 1.82. The first kappa shape index (κ1) is 15.7. The molecule has 5 heteroatoms. The highest BCUT2D eigenvalue weighted by atomic mass is 32.1. The minimum Gasteiger partial charge on any atom is -0.319 e. The highest BCUT2D eigenvalue weighted by Gasteiger charge is 2.09. The first-order valence-corrected chi connectivity index (χ1v) is 8.86. The lowest BCUT2D eigenvalue weighted by molar-refractivity contribution is 0.0998. The van der Waals surface area contributed by atoms with Crippen LogP contribution in [0.2, 0.25) is 0 Å². The fourth-order valence-corrected chi connectivity index (χ4v) is 4.11. The van der Waals surface area contributed by atoms with Crippen LogP contribution in [0, 0.1) is 13.8 Å². The van der Waals surface area contributed by atoms with E-state index in [1.807, 2.05) is 48.9 Å². The fraction of sp³-hybridized carbons (Fsp3) is 0.150. The van der Waals surface area contributed by atoms with E-state index >= 15 is 0 Å². The number of rotatable bonds is 1. The number of nitrogens with zero attached hydrogens (tertiary/aromatic N) is 3. The van der Waals surface area contributed by atoms with Crippen LogP contribution >= 0.6 is 11.3 Å². The summed E-state index contributed by atoms with van der Waals surface area (Å²) in [5, 5.41) is 0.947. The predicted molar refractivity (Wildman–Crippen MR) is 102 cm³/mol. The monoisotopic (exact) mass is 347 g/mol. The zero-order valence-electron chi connectivity index (χ0n) is 14.3. The molecule has 0 spiro atoms. The Hall–Kier alpha value is -2.79. The maximum Gasteiger partial charge on any atom is 0.279 e. The lowest BCUT2D eigenvalue weighted by atomic mass is 10.1. The molecule has 0 fully saturated rings. The number of para-hydroxylation sites is 1. The lowest BCUT2D eigenvalue weighted by Crippen LogP contribution is -2.13. The molecular weight excluding hydrogens is 330 g/mol. The summed E-state index contributed by atoms with van der Waals surface area (Å²) >= 11 is 1.53. The minimum absolute atomic E-state index is 0.234. The van der Waals surface area contributed by atoms with Crippen molar-refractivity contribution in [1.29, 1.82) is 0 Å². The largest absolute Gasteiger partial charge is 0.319 e. The van der Waals surface area contributed by atoms with E-state index in [4.69, 9.17) is 0 Å². The smallest absolute Gasteiger partial charge is 0.279 e. The molecule has 4 aromatic rings. The van der Waals surface area contributed by atoms with E-state index in [9.17, 15) is 4.79 Å². The van der Waals surface area contributed by atoms with Crippen molar-refractivity contribution in [1.82, 2.24) is 9.55 Å². The van der Waals surface area contributed by atoms with Crippen molar-refractivity contribution in [3.05, 3.63) is 70.2 Å². The molecule has 0 aliphatic heterocycles. The summed E-state index contributed by atoms with van der Waals surface area (Å²) in [6.07, 6.45) is 0. The molecule has 0 saturated heterocycles. The van der Waals surface area contributed by atoms with Gasteiger partial charge in [-0.05, 0) is 49.7 Å². The van der Waals surface area contributed by atoms with Gasteiger partial charge in [0.25, 0.3) is 5.91 Å². The van der Waals surface area contributed by atoms with Gasteiger partial charge in [-0.2, -0.15) is 4.99 Å². The lowest BCUT2D eigenvalue weighted by Gasteiger charge is -2.01. The first-order valence-electron chi connectivity index (χ1n) is 8.04. The quantitative estimate of drug-likeness (QED) is 0.519. The molecule has 0 aliphatic carbocycles. The molecule has 2 aromatic heterocycles. The predicted octanol–water partition coefficient (Wildman–Crippen LogP) is 4.15. The summed E-state index contributed by atoms with van der Waals surface area (Å²) in [6.45, 7) is 4.02. The summed E-state index contributed by atoms with van der Waals surface area (Å²) in [5.74, 6) is -0.234. The van der Waals surface area contributed by atoms with Crippen LogP contribution in [0.3, 0.4) is 0 Å². The average molecular weight is 347 g/mol. The zero-order chi connectivity index (χ0) is 17.6. The van der Waals surface area contributed by atoms with E-state index in [2.05, 4.69) is 29.0 Å². The maximum absolute atomic E-state index is 12.6. The number of amides is 1. The Bertz CT molecular complexity index is 1200. The van der Waals surface area contributed by atoms with Crippen molar-refractivity contribution < 1.29 is 4.79 Å². The van der Waals surface area contributed by atoms with Crippen LogP contribution in [0.4, 0.5) is 0 Å². The summed E-state index contributed by atoms with van der Waals surface area (Å²) in [7, 11) is 1.95. The molecule has 0 N–H and O–H groups in total. The van der Waals surface area contributed by atoms with Gasteiger partial charge in [0, 0.05) is 23.7 Å². The second kappa shape index (κ2) is 5.93. The van der Waals surface area contributed by atoms with E-state index in [0.29, 0.717) is 10.4 Å². The molecule has 25 heavy (non-hydrogen) atoms. The molecule has 124 valence electrons. The van der Waals surface area contributed by atoms with Gasteiger partial charge in [-0.1, -0.05) is 29.5 Å². The van der Waals surface area contributed by atoms with Crippen molar-refractivity contribution in [3.8, 4) is 0 Å². The van der Waals surface area contributed by atoms with E-state index in [0.717, 1.165) is 26.8 Å². The molecule has 0 bridgehead atoms. The number of aryl methyl sites for hydroxylation is 3. The molecule has 2 heterocycles. The van der Waals surface area contributed by atoms with Crippen molar-refractivity contribution in [2.75, 3.05) is 0 Å². The van der Waals surface area contributed by atoms with Crippen molar-refractivity contribution in [3.63, 3.8) is 0 Å². The number of hydrogen-bond acceptors (Lipinski definition) is 3. The Labute approximate surface area is 149 Å². The molecule has 2 aromatic carbocycles. The maximum atomic E-state index is 12.6. The van der Waals surface area contributed by atoms with Crippen molar-refractivity contribution in [2.24, 2.45) is 12.0 Å². The van der Waals surface area contributed by atoms with E-state index in [-0.39, 0.29) is 5.91 Å². The van der Waals surface area contributed by atoms with Gasteiger partial charge in [0.05, 0.1) is 15.7 Å². The summed E-state index contributed by atoms with van der Waals surface area (Å²) in [4.78, 5) is 22.2. The molecular formula is C20H17N3OS. The normalized spacial score (nSPS) is 12.2. The Morgan fingerprint density at radius 3 is 2.76 bits per heavy atom. The van der Waals surface area contributed by atoms with Crippen LogP contribution in [0.15, 0.2) is 53.5 Å². The van der Waals surface area contributed by atoms with Gasteiger partial charge in [0.15, 0.2) is 4.80 Å². The van der Waals surface area contributed by atoms with Gasteiger partial charge >= 0.3 is 0 Å². The highest BCUT2D eigenvalue weighted by Crippen LogP contribution is 2.20. The molecule has 0 saturated carbocycles.